The Balaban J connectivity index is 1.37. The van der Waals surface area contributed by atoms with Crippen molar-refractivity contribution < 1.29 is 42.9 Å². The van der Waals surface area contributed by atoms with Crippen LogP contribution in [0.2, 0.25) is 0 Å². The molecule has 3 saturated carbocycles. The molecule has 3 aliphatic carbocycles. The molecule has 11 unspecified atom stereocenters. The largest absolute Gasteiger partial charge is 0.463 e. The summed E-state index contributed by atoms with van der Waals surface area (Å²) in [7, 11) is 1.52. The Kier molecular flexibility index (Phi) is 9.37. The molecule has 9 nitrogen and oxygen atoms in total. The van der Waals surface area contributed by atoms with Gasteiger partial charge in [0.25, 0.3) is 0 Å². The van der Waals surface area contributed by atoms with E-state index in [1.165, 1.54) is 7.11 Å². The van der Waals surface area contributed by atoms with Crippen LogP contribution in [-0.2, 0) is 42.9 Å². The van der Waals surface area contributed by atoms with E-state index in [1.54, 1.807) is 6.92 Å². The van der Waals surface area contributed by atoms with Crippen LogP contribution in [0.5, 0.6) is 0 Å². The summed E-state index contributed by atoms with van der Waals surface area (Å²) >= 11 is 0. The predicted octanol–water partition coefficient (Wildman–Crippen LogP) is 3.71. The molecule has 0 aromatic heterocycles. The molecule has 38 heavy (non-hydrogen) atoms. The Bertz CT molecular complexity index is 887. The molecule has 0 N–H and O–H groups in total. The predicted molar refractivity (Wildman–Crippen MR) is 135 cm³/mol. The van der Waals surface area contributed by atoms with Crippen molar-refractivity contribution >= 4 is 23.9 Å². The number of hydrogen-bond acceptors (Lipinski definition) is 9. The standard InChI is InChI=1S/C29H44O9/c1-6-18(28(32)37-24-19-13-21-22(14-19)29(33)38-25(21)24)12-20(27(31)35-8-7-34-5)11-17(4)26(30)36-23-10-15(2)9-16(23)3/h15-25H,6-14H2,1-5H3. The monoisotopic (exact) mass is 536 g/mol. The van der Waals surface area contributed by atoms with Gasteiger partial charge in [0, 0.05) is 18.9 Å². The first-order valence-corrected chi connectivity index (χ1v) is 14.4. The van der Waals surface area contributed by atoms with Gasteiger partial charge in [-0.25, -0.2) is 0 Å². The zero-order valence-corrected chi connectivity index (χ0v) is 23.4. The quantitative estimate of drug-likeness (QED) is 0.197. The highest BCUT2D eigenvalue weighted by atomic mass is 16.6. The third-order valence-electron chi connectivity index (χ3n) is 9.28. The van der Waals surface area contributed by atoms with Crippen LogP contribution in [0.15, 0.2) is 0 Å². The Hall–Kier alpha value is -2.16. The van der Waals surface area contributed by atoms with E-state index in [-0.39, 0.29) is 73.9 Å². The highest BCUT2D eigenvalue weighted by Gasteiger charge is 2.63. The summed E-state index contributed by atoms with van der Waals surface area (Å²) in [6.45, 7) is 8.27. The number of rotatable bonds is 13. The topological polar surface area (TPSA) is 114 Å². The fraction of sp³-hybridized carbons (Fsp3) is 0.862. The van der Waals surface area contributed by atoms with Gasteiger partial charge in [-0.05, 0) is 56.8 Å². The van der Waals surface area contributed by atoms with Crippen LogP contribution in [0.25, 0.3) is 0 Å². The Morgan fingerprint density at radius 3 is 2.37 bits per heavy atom. The molecule has 0 spiro atoms. The Morgan fingerprint density at radius 1 is 0.947 bits per heavy atom. The molecule has 1 heterocycles. The summed E-state index contributed by atoms with van der Waals surface area (Å²) in [5.41, 5.74) is 0. The van der Waals surface area contributed by atoms with Gasteiger partial charge in [0.05, 0.1) is 30.3 Å². The lowest BCUT2D eigenvalue weighted by Gasteiger charge is -2.28. The normalized spacial score (nSPS) is 35.4. The molecule has 1 aliphatic heterocycles. The first kappa shape index (κ1) is 28.8. The lowest BCUT2D eigenvalue weighted by molar-refractivity contribution is -0.167. The van der Waals surface area contributed by atoms with E-state index in [4.69, 9.17) is 23.7 Å². The minimum absolute atomic E-state index is 0.0511. The summed E-state index contributed by atoms with van der Waals surface area (Å²) < 4.78 is 27.7. The molecule has 214 valence electrons. The van der Waals surface area contributed by atoms with E-state index in [2.05, 4.69) is 13.8 Å². The van der Waals surface area contributed by atoms with Crippen molar-refractivity contribution in [2.45, 2.75) is 91.0 Å². The average Bonchev–Trinajstić information content (AvgIpc) is 3.58. The summed E-state index contributed by atoms with van der Waals surface area (Å²) in [6, 6.07) is 0. The molecule has 4 aliphatic rings. The SMILES string of the molecule is CCC(CC(CC(C)C(=O)OC1CC(C)CC1C)C(=O)OCCOC)C(=O)OC1C2CC3C(=O)OC1C3C2. The lowest BCUT2D eigenvalue weighted by atomic mass is 9.85. The van der Waals surface area contributed by atoms with Crippen molar-refractivity contribution in [3.63, 3.8) is 0 Å². The summed E-state index contributed by atoms with van der Waals surface area (Å²) in [6.07, 6.45) is 3.49. The Labute approximate surface area is 225 Å². The highest BCUT2D eigenvalue weighted by Crippen LogP contribution is 2.55. The van der Waals surface area contributed by atoms with E-state index in [0.29, 0.717) is 24.7 Å². The van der Waals surface area contributed by atoms with Crippen molar-refractivity contribution in [3.8, 4) is 0 Å². The zero-order chi connectivity index (χ0) is 27.6. The van der Waals surface area contributed by atoms with Crippen molar-refractivity contribution in [2.75, 3.05) is 20.3 Å². The van der Waals surface area contributed by atoms with Gasteiger partial charge in [-0.3, -0.25) is 19.2 Å². The smallest absolute Gasteiger partial charge is 0.309 e. The van der Waals surface area contributed by atoms with Crippen LogP contribution < -0.4 is 0 Å². The third-order valence-corrected chi connectivity index (χ3v) is 9.28. The van der Waals surface area contributed by atoms with E-state index in [0.717, 1.165) is 19.3 Å². The molecular formula is C29H44O9. The highest BCUT2D eigenvalue weighted by molar-refractivity contribution is 5.79. The first-order chi connectivity index (χ1) is 18.1. The number of ether oxygens (including phenoxy) is 5. The second-order valence-corrected chi connectivity index (χ2v) is 12.2. The molecule has 0 radical (unpaired) electrons. The molecule has 4 rings (SSSR count). The average molecular weight is 537 g/mol. The first-order valence-electron chi connectivity index (χ1n) is 14.4. The van der Waals surface area contributed by atoms with Gasteiger partial charge in [0.2, 0.25) is 0 Å². The minimum atomic E-state index is -0.666. The molecule has 0 aromatic carbocycles. The maximum absolute atomic E-state index is 13.3. The number of esters is 4. The maximum Gasteiger partial charge on any atom is 0.309 e. The van der Waals surface area contributed by atoms with Crippen molar-refractivity contribution in [1.82, 2.24) is 0 Å². The van der Waals surface area contributed by atoms with Crippen LogP contribution in [0.4, 0.5) is 0 Å². The van der Waals surface area contributed by atoms with Gasteiger partial charge in [-0.2, -0.15) is 0 Å². The van der Waals surface area contributed by atoms with Crippen LogP contribution in [-0.4, -0.2) is 62.5 Å². The van der Waals surface area contributed by atoms with E-state index in [9.17, 15) is 19.2 Å². The molecule has 1 saturated heterocycles. The summed E-state index contributed by atoms with van der Waals surface area (Å²) in [4.78, 5) is 51.3. The molecule has 11 atom stereocenters. The van der Waals surface area contributed by atoms with Crippen LogP contribution in [0, 0.1) is 47.3 Å². The van der Waals surface area contributed by atoms with Crippen LogP contribution in [0.3, 0.4) is 0 Å². The van der Waals surface area contributed by atoms with Gasteiger partial charge in [-0.1, -0.05) is 27.7 Å². The van der Waals surface area contributed by atoms with Crippen LogP contribution >= 0.6 is 0 Å². The molecule has 2 bridgehead atoms. The van der Waals surface area contributed by atoms with Crippen molar-refractivity contribution in [1.29, 1.82) is 0 Å². The molecule has 0 amide bonds. The summed E-state index contributed by atoms with van der Waals surface area (Å²) in [5.74, 6) is -1.98. The van der Waals surface area contributed by atoms with E-state index >= 15 is 0 Å². The number of methoxy groups -OCH3 is 1. The number of carbonyl (C=O) groups is 4. The molecular weight excluding hydrogens is 492 g/mol. The molecule has 0 aromatic rings. The number of fused-ring (bicyclic) bond motifs is 1. The van der Waals surface area contributed by atoms with E-state index < -0.39 is 29.8 Å². The molecule has 9 heteroatoms. The number of hydrogen-bond donors (Lipinski definition) is 0. The van der Waals surface area contributed by atoms with Gasteiger partial charge in [0.1, 0.15) is 24.9 Å². The van der Waals surface area contributed by atoms with Crippen molar-refractivity contribution in [3.05, 3.63) is 0 Å². The van der Waals surface area contributed by atoms with Gasteiger partial charge in [-0.15, -0.1) is 0 Å². The third kappa shape index (κ3) is 6.18. The summed E-state index contributed by atoms with van der Waals surface area (Å²) in [5, 5.41) is 0. The maximum atomic E-state index is 13.3. The zero-order valence-electron chi connectivity index (χ0n) is 23.4. The minimum Gasteiger partial charge on any atom is -0.463 e. The van der Waals surface area contributed by atoms with Gasteiger partial charge in [0.15, 0.2) is 0 Å². The fourth-order valence-corrected chi connectivity index (χ4v) is 7.16. The Morgan fingerprint density at radius 2 is 1.71 bits per heavy atom. The van der Waals surface area contributed by atoms with Gasteiger partial charge >= 0.3 is 23.9 Å². The lowest BCUT2D eigenvalue weighted by Crippen LogP contribution is -2.38. The van der Waals surface area contributed by atoms with Crippen molar-refractivity contribution in [2.24, 2.45) is 47.3 Å². The van der Waals surface area contributed by atoms with E-state index in [1.807, 2.05) is 6.92 Å². The molecule has 4 fully saturated rings. The van der Waals surface area contributed by atoms with Gasteiger partial charge < -0.3 is 23.7 Å². The second kappa shape index (κ2) is 12.3. The van der Waals surface area contributed by atoms with Crippen LogP contribution in [0.1, 0.15) is 72.6 Å². The number of carbonyl (C=O) groups excluding carboxylic acids is 4. The fourth-order valence-electron chi connectivity index (χ4n) is 7.16. The second-order valence-electron chi connectivity index (χ2n) is 12.2.